The summed E-state index contributed by atoms with van der Waals surface area (Å²) in [6, 6.07) is 7.18. The normalized spacial score (nSPS) is 13.8. The number of hydrogen-bond donors (Lipinski definition) is 2. The van der Waals surface area contributed by atoms with Gasteiger partial charge in [0, 0.05) is 31.5 Å². The predicted octanol–water partition coefficient (Wildman–Crippen LogP) is 2.40. The number of sulfonamides is 1. The fourth-order valence-corrected chi connectivity index (χ4v) is 4.89. The van der Waals surface area contributed by atoms with Gasteiger partial charge in [0.1, 0.15) is 0 Å². The van der Waals surface area contributed by atoms with Gasteiger partial charge in [0.05, 0.1) is 5.69 Å². The first-order valence-electron chi connectivity index (χ1n) is 8.27. The molecule has 0 spiro atoms. The highest BCUT2D eigenvalue weighted by Gasteiger charge is 2.23. The Morgan fingerprint density at radius 1 is 1.22 bits per heavy atom. The van der Waals surface area contributed by atoms with Crippen molar-refractivity contribution in [2.75, 3.05) is 42.3 Å². The van der Waals surface area contributed by atoms with Crippen LogP contribution in [0.4, 0.5) is 21.3 Å². The summed E-state index contributed by atoms with van der Waals surface area (Å²) in [5, 5.41) is 3.10. The molecule has 3 rings (SSSR count). The van der Waals surface area contributed by atoms with Gasteiger partial charge in [-0.1, -0.05) is 23.5 Å². The van der Waals surface area contributed by atoms with Crippen LogP contribution in [0, 0.1) is 6.92 Å². The van der Waals surface area contributed by atoms with Crippen molar-refractivity contribution in [3.63, 3.8) is 0 Å². The molecule has 1 aliphatic rings. The van der Waals surface area contributed by atoms with E-state index in [-0.39, 0.29) is 4.21 Å². The molecule has 2 amide bonds. The van der Waals surface area contributed by atoms with Gasteiger partial charge in [-0.25, -0.2) is 22.9 Å². The Labute approximate surface area is 162 Å². The van der Waals surface area contributed by atoms with E-state index in [0.29, 0.717) is 16.5 Å². The van der Waals surface area contributed by atoms with E-state index in [4.69, 9.17) is 0 Å². The maximum Gasteiger partial charge on any atom is 0.327 e. The molecule has 0 saturated heterocycles. The predicted molar refractivity (Wildman–Crippen MR) is 108 cm³/mol. The summed E-state index contributed by atoms with van der Waals surface area (Å²) in [5.74, 6) is 0. The van der Waals surface area contributed by atoms with Gasteiger partial charge in [0.25, 0.3) is 10.0 Å². The molecule has 0 fully saturated rings. The molecule has 0 aliphatic carbocycles. The first-order chi connectivity index (χ1) is 12.8. The van der Waals surface area contributed by atoms with E-state index in [0.717, 1.165) is 30.1 Å². The monoisotopic (exact) mass is 407 g/mol. The van der Waals surface area contributed by atoms with Crippen LogP contribution in [0.1, 0.15) is 5.69 Å². The van der Waals surface area contributed by atoms with Gasteiger partial charge < -0.3 is 10.2 Å². The van der Waals surface area contributed by atoms with Gasteiger partial charge in [-0.15, -0.1) is 0 Å². The lowest BCUT2D eigenvalue weighted by atomic mass is 10.2. The highest BCUT2D eigenvalue weighted by atomic mass is 32.2. The number of anilines is 3. The molecule has 0 radical (unpaired) electrons. The van der Waals surface area contributed by atoms with Gasteiger partial charge in [-0.2, -0.15) is 0 Å². The highest BCUT2D eigenvalue weighted by Crippen LogP contribution is 2.29. The second kappa shape index (κ2) is 7.67. The topological polar surface area (TPSA) is 94.6 Å². The molecular weight excluding hydrogens is 386 g/mol. The third-order valence-electron chi connectivity index (χ3n) is 4.15. The summed E-state index contributed by atoms with van der Waals surface area (Å²) >= 11 is 0.947. The zero-order valence-electron chi connectivity index (χ0n) is 15.3. The van der Waals surface area contributed by atoms with Crippen molar-refractivity contribution >= 4 is 43.9 Å². The SMILES string of the molecule is CNS(=O)(=O)c1sc(N(C)C(=O)Nc2ccc(N3CC=CC3)cc2)nc1C. The van der Waals surface area contributed by atoms with Crippen LogP contribution in [0.2, 0.25) is 0 Å². The Morgan fingerprint density at radius 3 is 2.44 bits per heavy atom. The van der Waals surface area contributed by atoms with Gasteiger partial charge in [-0.05, 0) is 38.2 Å². The van der Waals surface area contributed by atoms with Crippen LogP contribution in [0.5, 0.6) is 0 Å². The average Bonchev–Trinajstić information content (AvgIpc) is 3.31. The molecule has 0 saturated carbocycles. The molecule has 1 aliphatic heterocycles. The van der Waals surface area contributed by atoms with Crippen molar-refractivity contribution in [1.29, 1.82) is 0 Å². The first kappa shape index (κ1) is 19.3. The van der Waals surface area contributed by atoms with Crippen LogP contribution in [0.25, 0.3) is 0 Å². The number of benzene rings is 1. The van der Waals surface area contributed by atoms with Crippen molar-refractivity contribution in [2.24, 2.45) is 0 Å². The standard InChI is InChI=1S/C17H21N5O3S2/c1-12-15(27(24,25)18-2)26-17(19-12)21(3)16(23)20-13-6-8-14(9-7-13)22-10-4-5-11-22/h4-9,18H,10-11H2,1-3H3,(H,20,23). The molecule has 0 atom stereocenters. The smallest absolute Gasteiger partial charge is 0.327 e. The summed E-state index contributed by atoms with van der Waals surface area (Å²) in [6.45, 7) is 3.37. The number of nitrogens with one attached hydrogen (secondary N) is 2. The van der Waals surface area contributed by atoms with E-state index >= 15 is 0 Å². The number of urea groups is 1. The van der Waals surface area contributed by atoms with Crippen LogP contribution in [0.15, 0.2) is 40.6 Å². The first-order valence-corrected chi connectivity index (χ1v) is 10.6. The lowest BCUT2D eigenvalue weighted by Gasteiger charge is -2.19. The van der Waals surface area contributed by atoms with E-state index in [9.17, 15) is 13.2 Å². The third-order valence-corrected chi connectivity index (χ3v) is 7.41. The van der Waals surface area contributed by atoms with Crippen molar-refractivity contribution in [2.45, 2.75) is 11.1 Å². The molecule has 144 valence electrons. The maximum absolute atomic E-state index is 12.5. The number of carbonyl (C=O) groups is 1. The van der Waals surface area contributed by atoms with Crippen molar-refractivity contribution in [1.82, 2.24) is 9.71 Å². The Morgan fingerprint density at radius 2 is 1.85 bits per heavy atom. The van der Waals surface area contributed by atoms with Gasteiger partial charge >= 0.3 is 6.03 Å². The number of aromatic nitrogens is 1. The minimum atomic E-state index is -3.60. The summed E-state index contributed by atoms with van der Waals surface area (Å²) in [5.41, 5.74) is 2.09. The number of amides is 2. The van der Waals surface area contributed by atoms with E-state index in [1.165, 1.54) is 11.9 Å². The van der Waals surface area contributed by atoms with Crippen molar-refractivity contribution in [3.8, 4) is 0 Å². The van der Waals surface area contributed by atoms with E-state index in [2.05, 4.69) is 32.1 Å². The van der Waals surface area contributed by atoms with Crippen LogP contribution in [0.3, 0.4) is 0 Å². The highest BCUT2D eigenvalue weighted by molar-refractivity contribution is 7.91. The summed E-state index contributed by atoms with van der Waals surface area (Å²) < 4.78 is 26.3. The average molecular weight is 408 g/mol. The van der Waals surface area contributed by atoms with E-state index < -0.39 is 16.1 Å². The summed E-state index contributed by atoms with van der Waals surface area (Å²) in [4.78, 5) is 20.2. The van der Waals surface area contributed by atoms with Crippen LogP contribution in [-0.4, -0.2) is 46.6 Å². The molecule has 1 aromatic heterocycles. The second-order valence-electron chi connectivity index (χ2n) is 5.99. The molecule has 2 N–H and O–H groups in total. The van der Waals surface area contributed by atoms with Crippen LogP contribution >= 0.6 is 11.3 Å². The molecule has 0 unspecified atom stereocenters. The van der Waals surface area contributed by atoms with Gasteiger partial charge in [0.2, 0.25) is 0 Å². The lowest BCUT2D eigenvalue weighted by molar-refractivity contribution is 0.258. The number of hydrogen-bond acceptors (Lipinski definition) is 6. The maximum atomic E-state index is 12.5. The number of aryl methyl sites for hydroxylation is 1. The molecule has 10 heteroatoms. The van der Waals surface area contributed by atoms with Crippen LogP contribution < -0.4 is 19.8 Å². The van der Waals surface area contributed by atoms with Gasteiger partial charge in [-0.3, -0.25) is 4.90 Å². The minimum absolute atomic E-state index is 0.100. The van der Waals surface area contributed by atoms with Crippen molar-refractivity contribution in [3.05, 3.63) is 42.1 Å². The zero-order valence-corrected chi connectivity index (χ0v) is 16.9. The molecule has 2 heterocycles. The van der Waals surface area contributed by atoms with E-state index in [1.54, 1.807) is 14.0 Å². The molecule has 8 nitrogen and oxygen atoms in total. The lowest BCUT2D eigenvalue weighted by Crippen LogP contribution is -2.31. The Bertz CT molecular complexity index is 959. The molecular formula is C17H21N5O3S2. The van der Waals surface area contributed by atoms with Gasteiger partial charge in [0.15, 0.2) is 9.34 Å². The minimum Gasteiger partial charge on any atom is -0.364 e. The quantitative estimate of drug-likeness (QED) is 0.742. The second-order valence-corrected chi connectivity index (χ2v) is 9.05. The molecule has 1 aromatic carbocycles. The Kier molecular flexibility index (Phi) is 5.49. The fourth-order valence-electron chi connectivity index (χ4n) is 2.59. The summed E-state index contributed by atoms with van der Waals surface area (Å²) in [6.07, 6.45) is 4.23. The summed E-state index contributed by atoms with van der Waals surface area (Å²) in [7, 11) is -0.712. The zero-order chi connectivity index (χ0) is 19.6. The number of thiazole rings is 1. The fraction of sp³-hybridized carbons (Fsp3) is 0.294. The van der Waals surface area contributed by atoms with E-state index in [1.807, 2.05) is 24.3 Å². The Balaban J connectivity index is 1.70. The Hall–Kier alpha value is -2.43. The van der Waals surface area contributed by atoms with Crippen molar-refractivity contribution < 1.29 is 13.2 Å². The number of carbonyl (C=O) groups excluding carboxylic acids is 1. The van der Waals surface area contributed by atoms with Crippen LogP contribution in [-0.2, 0) is 10.0 Å². The largest absolute Gasteiger partial charge is 0.364 e. The molecule has 0 bridgehead atoms. The molecule has 27 heavy (non-hydrogen) atoms. The third kappa shape index (κ3) is 4.12. The number of rotatable bonds is 5. The molecule has 2 aromatic rings. The number of nitrogens with zero attached hydrogens (tertiary/aromatic N) is 3.